The van der Waals surface area contributed by atoms with Gasteiger partial charge in [-0.15, -0.1) is 0 Å². The minimum Gasteiger partial charge on any atom is -0.465 e. The molecular formula is C23H26N4O3. The van der Waals surface area contributed by atoms with Crippen LogP contribution in [0.5, 0.6) is 0 Å². The van der Waals surface area contributed by atoms with Gasteiger partial charge in [0.05, 0.1) is 23.7 Å². The number of nitrogens with zero attached hydrogens (tertiary/aromatic N) is 4. The molecule has 0 saturated heterocycles. The number of imidazole rings is 1. The van der Waals surface area contributed by atoms with Gasteiger partial charge in [0.15, 0.2) is 5.92 Å². The number of ether oxygens (including phenoxy) is 1. The molecule has 0 unspecified atom stereocenters. The Hall–Kier alpha value is -3.22. The van der Waals surface area contributed by atoms with Crippen LogP contribution in [0.1, 0.15) is 44.7 Å². The van der Waals surface area contributed by atoms with Gasteiger partial charge in [-0.3, -0.25) is 19.5 Å². The van der Waals surface area contributed by atoms with Gasteiger partial charge in [-0.05, 0) is 37.1 Å². The van der Waals surface area contributed by atoms with E-state index >= 15 is 0 Å². The molecule has 0 aliphatic carbocycles. The molecule has 0 N–H and O–H groups in total. The zero-order chi connectivity index (χ0) is 21.1. The van der Waals surface area contributed by atoms with Gasteiger partial charge < -0.3 is 9.30 Å². The van der Waals surface area contributed by atoms with E-state index in [1.54, 1.807) is 24.2 Å². The van der Waals surface area contributed by atoms with Gasteiger partial charge in [0.1, 0.15) is 0 Å². The van der Waals surface area contributed by atoms with Crippen LogP contribution in [0.3, 0.4) is 0 Å². The summed E-state index contributed by atoms with van der Waals surface area (Å²) in [5, 5.41) is 0. The minimum absolute atomic E-state index is 0.218. The van der Waals surface area contributed by atoms with Crippen LogP contribution in [0.25, 0.3) is 11.0 Å². The average Bonchev–Trinajstić information content (AvgIpc) is 3.14. The molecule has 2 atom stereocenters. The standard InChI is InChI=1S/C23H26N4O3/c1-3-5-8-14-26-21(28)19(22(29)30-4-2)20(16-10-9-13-24-15-16)27-18-12-7-6-11-17(18)25-23(26)27/h6-7,9-13,15,19-20H,3-5,8,14H2,1-2H3/t19-,20+/m1/s1. The summed E-state index contributed by atoms with van der Waals surface area (Å²) in [4.78, 5) is 37.3. The van der Waals surface area contributed by atoms with Crippen molar-refractivity contribution in [3.63, 3.8) is 0 Å². The van der Waals surface area contributed by atoms with E-state index in [-0.39, 0.29) is 12.5 Å². The fraction of sp³-hybridized carbons (Fsp3) is 0.391. The Balaban J connectivity index is 1.93. The first-order valence-corrected chi connectivity index (χ1v) is 10.5. The number of carbonyl (C=O) groups is 2. The molecule has 0 bridgehead atoms. The number of amides is 1. The van der Waals surface area contributed by atoms with Crippen molar-refractivity contribution in [2.24, 2.45) is 5.92 Å². The zero-order valence-electron chi connectivity index (χ0n) is 17.3. The Kier molecular flexibility index (Phi) is 5.79. The summed E-state index contributed by atoms with van der Waals surface area (Å²) in [5.41, 5.74) is 2.45. The van der Waals surface area contributed by atoms with Gasteiger partial charge in [0.2, 0.25) is 11.9 Å². The summed E-state index contributed by atoms with van der Waals surface area (Å²) in [7, 11) is 0. The number of aromatic nitrogens is 3. The maximum atomic E-state index is 13.6. The van der Waals surface area contributed by atoms with Crippen molar-refractivity contribution >= 4 is 28.9 Å². The molecule has 1 aliphatic rings. The Morgan fingerprint density at radius 3 is 2.70 bits per heavy atom. The molecule has 0 fully saturated rings. The molecule has 156 valence electrons. The van der Waals surface area contributed by atoms with Gasteiger partial charge in [0, 0.05) is 18.9 Å². The molecule has 7 heteroatoms. The third kappa shape index (κ3) is 3.44. The number of carbonyl (C=O) groups excluding carboxylic acids is 2. The highest BCUT2D eigenvalue weighted by atomic mass is 16.5. The lowest BCUT2D eigenvalue weighted by Gasteiger charge is -2.37. The fourth-order valence-corrected chi connectivity index (χ4v) is 4.13. The molecular weight excluding hydrogens is 380 g/mol. The van der Waals surface area contributed by atoms with Crippen LogP contribution in [-0.2, 0) is 14.3 Å². The third-order valence-corrected chi connectivity index (χ3v) is 5.50. The molecule has 0 radical (unpaired) electrons. The number of benzene rings is 1. The lowest BCUT2D eigenvalue weighted by molar-refractivity contribution is -0.153. The molecule has 3 aromatic rings. The Labute approximate surface area is 175 Å². The molecule has 3 heterocycles. The van der Waals surface area contributed by atoms with Gasteiger partial charge in [0.25, 0.3) is 0 Å². The lowest BCUT2D eigenvalue weighted by atomic mass is 9.90. The van der Waals surface area contributed by atoms with Crippen LogP contribution in [0.2, 0.25) is 0 Å². The Bertz CT molecular complexity index is 1050. The summed E-state index contributed by atoms with van der Waals surface area (Å²) in [6, 6.07) is 10.9. The van der Waals surface area contributed by atoms with Crippen LogP contribution < -0.4 is 4.90 Å². The summed E-state index contributed by atoms with van der Waals surface area (Å²) in [5.74, 6) is -1.19. The van der Waals surface area contributed by atoms with Crippen molar-refractivity contribution in [3.8, 4) is 0 Å². The van der Waals surface area contributed by atoms with E-state index in [0.717, 1.165) is 35.9 Å². The first-order chi connectivity index (χ1) is 14.7. The predicted molar refractivity (Wildman–Crippen MR) is 114 cm³/mol. The Morgan fingerprint density at radius 1 is 1.13 bits per heavy atom. The predicted octanol–water partition coefficient (Wildman–Crippen LogP) is 3.74. The monoisotopic (exact) mass is 406 g/mol. The topological polar surface area (TPSA) is 77.3 Å². The average molecular weight is 406 g/mol. The zero-order valence-corrected chi connectivity index (χ0v) is 17.3. The van der Waals surface area contributed by atoms with E-state index in [4.69, 9.17) is 9.72 Å². The smallest absolute Gasteiger partial charge is 0.321 e. The second-order valence-corrected chi connectivity index (χ2v) is 7.43. The van der Waals surface area contributed by atoms with Crippen LogP contribution in [0, 0.1) is 5.92 Å². The van der Waals surface area contributed by atoms with Crippen molar-refractivity contribution in [1.82, 2.24) is 14.5 Å². The van der Waals surface area contributed by atoms with E-state index in [1.165, 1.54) is 0 Å². The number of rotatable bonds is 7. The van der Waals surface area contributed by atoms with Gasteiger partial charge in [-0.2, -0.15) is 0 Å². The normalized spacial score (nSPS) is 18.5. The lowest BCUT2D eigenvalue weighted by Crippen LogP contribution is -2.50. The molecule has 1 aliphatic heterocycles. The SMILES string of the molecule is CCCCCN1C(=O)[C@H](C(=O)OCC)[C@H](c2cccnc2)n2c1nc1ccccc12. The number of unbranched alkanes of at least 4 members (excludes halogenated alkanes) is 2. The molecule has 0 spiro atoms. The van der Waals surface area contributed by atoms with E-state index in [1.807, 2.05) is 41.0 Å². The fourth-order valence-electron chi connectivity index (χ4n) is 4.13. The van der Waals surface area contributed by atoms with Crippen molar-refractivity contribution in [2.75, 3.05) is 18.1 Å². The highest BCUT2D eigenvalue weighted by Crippen LogP contribution is 2.41. The number of anilines is 1. The number of pyridine rings is 1. The second kappa shape index (κ2) is 8.65. The number of esters is 1. The van der Waals surface area contributed by atoms with Gasteiger partial charge in [-0.25, -0.2) is 4.98 Å². The summed E-state index contributed by atoms with van der Waals surface area (Å²) in [6.45, 7) is 4.61. The molecule has 1 amide bonds. The van der Waals surface area contributed by atoms with Crippen LogP contribution in [0.4, 0.5) is 5.95 Å². The second-order valence-electron chi connectivity index (χ2n) is 7.43. The van der Waals surface area contributed by atoms with Crippen molar-refractivity contribution in [2.45, 2.75) is 39.2 Å². The van der Waals surface area contributed by atoms with Crippen LogP contribution >= 0.6 is 0 Å². The third-order valence-electron chi connectivity index (χ3n) is 5.50. The maximum Gasteiger partial charge on any atom is 0.321 e. The van der Waals surface area contributed by atoms with Crippen LogP contribution in [-0.4, -0.2) is 39.6 Å². The number of hydrogen-bond donors (Lipinski definition) is 0. The minimum atomic E-state index is -0.985. The first kappa shape index (κ1) is 20.1. The van der Waals surface area contributed by atoms with E-state index in [9.17, 15) is 9.59 Å². The summed E-state index contributed by atoms with van der Waals surface area (Å²) >= 11 is 0. The van der Waals surface area contributed by atoms with Gasteiger partial charge in [-0.1, -0.05) is 38.0 Å². The highest BCUT2D eigenvalue weighted by molar-refractivity contribution is 6.08. The number of hydrogen-bond acceptors (Lipinski definition) is 5. The Morgan fingerprint density at radius 2 is 1.97 bits per heavy atom. The largest absolute Gasteiger partial charge is 0.465 e. The number of fused-ring (bicyclic) bond motifs is 3. The van der Waals surface area contributed by atoms with Crippen molar-refractivity contribution in [1.29, 1.82) is 0 Å². The molecule has 1 aromatic carbocycles. The molecule has 0 saturated carbocycles. The van der Waals surface area contributed by atoms with E-state index in [0.29, 0.717) is 12.5 Å². The van der Waals surface area contributed by atoms with E-state index in [2.05, 4.69) is 11.9 Å². The van der Waals surface area contributed by atoms with Gasteiger partial charge >= 0.3 is 5.97 Å². The van der Waals surface area contributed by atoms with Crippen molar-refractivity contribution in [3.05, 3.63) is 54.4 Å². The van der Waals surface area contributed by atoms with Crippen molar-refractivity contribution < 1.29 is 14.3 Å². The highest BCUT2D eigenvalue weighted by Gasteiger charge is 2.47. The maximum absolute atomic E-state index is 13.6. The first-order valence-electron chi connectivity index (χ1n) is 10.5. The number of para-hydroxylation sites is 2. The molecule has 2 aromatic heterocycles. The molecule has 30 heavy (non-hydrogen) atoms. The molecule has 4 rings (SSSR count). The quantitative estimate of drug-likeness (QED) is 0.339. The summed E-state index contributed by atoms with van der Waals surface area (Å²) in [6.07, 6.45) is 6.27. The molecule has 7 nitrogen and oxygen atoms in total. The van der Waals surface area contributed by atoms with E-state index < -0.39 is 17.9 Å². The van der Waals surface area contributed by atoms with Crippen LogP contribution in [0.15, 0.2) is 48.8 Å². The summed E-state index contributed by atoms with van der Waals surface area (Å²) < 4.78 is 7.34.